The SMILES string of the molecule is CCN(CCC(=O)N1CCNCC1)Cc1ccccc1C. The summed E-state index contributed by atoms with van der Waals surface area (Å²) in [6.45, 7) is 10.6. The summed E-state index contributed by atoms with van der Waals surface area (Å²) in [5.74, 6) is 0.291. The van der Waals surface area contributed by atoms with Crippen LogP contribution in [0.15, 0.2) is 24.3 Å². The number of aryl methyl sites for hydroxylation is 1. The molecule has 2 rings (SSSR count). The Kier molecular flexibility index (Phi) is 6.21. The molecule has 4 nitrogen and oxygen atoms in total. The molecule has 0 aliphatic carbocycles. The first kappa shape index (κ1) is 16.0. The Morgan fingerprint density at radius 2 is 2.00 bits per heavy atom. The molecule has 21 heavy (non-hydrogen) atoms. The summed E-state index contributed by atoms with van der Waals surface area (Å²) in [4.78, 5) is 16.5. The Labute approximate surface area is 128 Å². The van der Waals surface area contributed by atoms with Crippen LogP contribution in [0.1, 0.15) is 24.5 Å². The van der Waals surface area contributed by atoms with Crippen molar-refractivity contribution in [3.05, 3.63) is 35.4 Å². The van der Waals surface area contributed by atoms with Crippen LogP contribution in [0.2, 0.25) is 0 Å². The van der Waals surface area contributed by atoms with Gasteiger partial charge in [-0.2, -0.15) is 0 Å². The Hall–Kier alpha value is -1.39. The van der Waals surface area contributed by atoms with Gasteiger partial charge in [0.15, 0.2) is 0 Å². The Morgan fingerprint density at radius 1 is 1.29 bits per heavy atom. The van der Waals surface area contributed by atoms with Crippen molar-refractivity contribution in [1.82, 2.24) is 15.1 Å². The molecule has 0 saturated carbocycles. The van der Waals surface area contributed by atoms with Crippen molar-refractivity contribution in [2.24, 2.45) is 0 Å². The van der Waals surface area contributed by atoms with Gasteiger partial charge in [-0.25, -0.2) is 0 Å². The van der Waals surface area contributed by atoms with Gasteiger partial charge in [-0.1, -0.05) is 31.2 Å². The maximum atomic E-state index is 12.2. The van der Waals surface area contributed by atoms with Crippen molar-refractivity contribution >= 4 is 5.91 Å². The van der Waals surface area contributed by atoms with E-state index in [0.717, 1.165) is 45.8 Å². The molecule has 1 saturated heterocycles. The zero-order valence-electron chi connectivity index (χ0n) is 13.3. The highest BCUT2D eigenvalue weighted by Crippen LogP contribution is 2.11. The van der Waals surface area contributed by atoms with Gasteiger partial charge in [0.2, 0.25) is 5.91 Å². The molecule has 0 bridgehead atoms. The number of hydrogen-bond acceptors (Lipinski definition) is 3. The number of nitrogens with one attached hydrogen (secondary N) is 1. The second-order valence-electron chi connectivity index (χ2n) is 5.68. The average Bonchev–Trinajstić information content (AvgIpc) is 2.53. The molecule has 0 aromatic heterocycles. The summed E-state index contributed by atoms with van der Waals surface area (Å²) in [5, 5.41) is 3.28. The van der Waals surface area contributed by atoms with E-state index in [1.165, 1.54) is 11.1 Å². The summed E-state index contributed by atoms with van der Waals surface area (Å²) >= 11 is 0. The smallest absolute Gasteiger partial charge is 0.223 e. The molecular formula is C17H27N3O. The number of benzene rings is 1. The van der Waals surface area contributed by atoms with E-state index in [1.807, 2.05) is 4.90 Å². The lowest BCUT2D eigenvalue weighted by Crippen LogP contribution is -2.47. The summed E-state index contributed by atoms with van der Waals surface area (Å²) in [7, 11) is 0. The van der Waals surface area contributed by atoms with E-state index in [9.17, 15) is 4.79 Å². The van der Waals surface area contributed by atoms with E-state index in [4.69, 9.17) is 0 Å². The van der Waals surface area contributed by atoms with E-state index in [0.29, 0.717) is 12.3 Å². The molecular weight excluding hydrogens is 262 g/mol. The fourth-order valence-corrected chi connectivity index (χ4v) is 2.70. The molecule has 0 spiro atoms. The lowest BCUT2D eigenvalue weighted by molar-refractivity contribution is -0.132. The molecule has 1 aromatic rings. The van der Waals surface area contributed by atoms with Gasteiger partial charge in [-0.15, -0.1) is 0 Å². The Morgan fingerprint density at radius 3 is 2.67 bits per heavy atom. The molecule has 1 aliphatic rings. The summed E-state index contributed by atoms with van der Waals surface area (Å²) in [6, 6.07) is 8.48. The van der Waals surface area contributed by atoms with Crippen molar-refractivity contribution in [1.29, 1.82) is 0 Å². The van der Waals surface area contributed by atoms with Crippen molar-refractivity contribution in [3.63, 3.8) is 0 Å². The van der Waals surface area contributed by atoms with Crippen LogP contribution in [-0.4, -0.2) is 55.0 Å². The summed E-state index contributed by atoms with van der Waals surface area (Å²) < 4.78 is 0. The number of hydrogen-bond donors (Lipinski definition) is 1. The third kappa shape index (κ3) is 4.83. The number of nitrogens with zero attached hydrogens (tertiary/aromatic N) is 2. The molecule has 1 N–H and O–H groups in total. The summed E-state index contributed by atoms with van der Waals surface area (Å²) in [6.07, 6.45) is 0.625. The van der Waals surface area contributed by atoms with Crippen LogP contribution in [-0.2, 0) is 11.3 Å². The van der Waals surface area contributed by atoms with Gasteiger partial charge in [0.05, 0.1) is 0 Å². The van der Waals surface area contributed by atoms with Gasteiger partial charge in [0.1, 0.15) is 0 Å². The first-order valence-electron chi connectivity index (χ1n) is 7.96. The first-order chi connectivity index (χ1) is 10.2. The van der Waals surface area contributed by atoms with Crippen molar-refractivity contribution < 1.29 is 4.79 Å². The molecule has 0 atom stereocenters. The maximum absolute atomic E-state index is 12.2. The number of amides is 1. The van der Waals surface area contributed by atoms with E-state index < -0.39 is 0 Å². The molecule has 1 amide bonds. The first-order valence-corrected chi connectivity index (χ1v) is 7.96. The van der Waals surface area contributed by atoms with Crippen LogP contribution in [0.25, 0.3) is 0 Å². The third-order valence-electron chi connectivity index (χ3n) is 4.21. The molecule has 1 aromatic carbocycles. The quantitative estimate of drug-likeness (QED) is 0.865. The van der Waals surface area contributed by atoms with Crippen LogP contribution < -0.4 is 5.32 Å². The second-order valence-corrected chi connectivity index (χ2v) is 5.68. The van der Waals surface area contributed by atoms with Crippen LogP contribution in [0.3, 0.4) is 0 Å². The standard InChI is InChI=1S/C17H27N3O/c1-3-19(14-16-7-5-4-6-15(16)2)11-8-17(21)20-12-9-18-10-13-20/h4-7,18H,3,8-14H2,1-2H3. The van der Waals surface area contributed by atoms with Gasteiger partial charge in [-0.05, 0) is 24.6 Å². The topological polar surface area (TPSA) is 35.6 Å². The van der Waals surface area contributed by atoms with Crippen LogP contribution >= 0.6 is 0 Å². The maximum Gasteiger partial charge on any atom is 0.223 e. The Balaban J connectivity index is 1.82. The van der Waals surface area contributed by atoms with Gasteiger partial charge in [0, 0.05) is 45.7 Å². The van der Waals surface area contributed by atoms with Gasteiger partial charge in [0.25, 0.3) is 0 Å². The van der Waals surface area contributed by atoms with E-state index in [-0.39, 0.29) is 0 Å². The minimum absolute atomic E-state index is 0.291. The van der Waals surface area contributed by atoms with Crippen molar-refractivity contribution in [2.45, 2.75) is 26.8 Å². The fraction of sp³-hybridized carbons (Fsp3) is 0.588. The highest BCUT2D eigenvalue weighted by atomic mass is 16.2. The molecule has 1 aliphatic heterocycles. The minimum atomic E-state index is 0.291. The van der Waals surface area contributed by atoms with Crippen LogP contribution in [0.5, 0.6) is 0 Å². The van der Waals surface area contributed by atoms with Gasteiger partial charge < -0.3 is 10.2 Å². The Bertz CT molecular complexity index is 455. The average molecular weight is 289 g/mol. The van der Waals surface area contributed by atoms with Crippen LogP contribution in [0, 0.1) is 6.92 Å². The predicted molar refractivity (Wildman–Crippen MR) is 86.2 cm³/mol. The third-order valence-corrected chi connectivity index (χ3v) is 4.21. The molecule has 1 fully saturated rings. The minimum Gasteiger partial charge on any atom is -0.340 e. The number of rotatable bonds is 6. The highest BCUT2D eigenvalue weighted by molar-refractivity contribution is 5.76. The van der Waals surface area contributed by atoms with E-state index in [1.54, 1.807) is 0 Å². The van der Waals surface area contributed by atoms with Crippen LogP contribution in [0.4, 0.5) is 0 Å². The van der Waals surface area contributed by atoms with E-state index >= 15 is 0 Å². The van der Waals surface area contributed by atoms with Gasteiger partial charge in [-0.3, -0.25) is 9.69 Å². The number of carbonyl (C=O) groups excluding carboxylic acids is 1. The largest absolute Gasteiger partial charge is 0.340 e. The number of carbonyl (C=O) groups is 1. The molecule has 116 valence electrons. The fourth-order valence-electron chi connectivity index (χ4n) is 2.70. The van der Waals surface area contributed by atoms with Crippen molar-refractivity contribution in [3.8, 4) is 0 Å². The highest BCUT2D eigenvalue weighted by Gasteiger charge is 2.16. The number of piperazine rings is 1. The molecule has 0 radical (unpaired) electrons. The zero-order chi connectivity index (χ0) is 15.1. The predicted octanol–water partition coefficient (Wildman–Crippen LogP) is 1.64. The zero-order valence-corrected chi connectivity index (χ0v) is 13.3. The van der Waals surface area contributed by atoms with Crippen molar-refractivity contribution in [2.75, 3.05) is 39.3 Å². The van der Waals surface area contributed by atoms with Gasteiger partial charge >= 0.3 is 0 Å². The van der Waals surface area contributed by atoms with E-state index in [2.05, 4.69) is 48.3 Å². The normalized spacial score (nSPS) is 15.5. The molecule has 1 heterocycles. The molecule has 0 unspecified atom stereocenters. The molecule has 4 heteroatoms. The monoisotopic (exact) mass is 289 g/mol. The second kappa shape index (κ2) is 8.15. The lowest BCUT2D eigenvalue weighted by atomic mass is 10.1. The lowest BCUT2D eigenvalue weighted by Gasteiger charge is -2.28. The summed E-state index contributed by atoms with van der Waals surface area (Å²) in [5.41, 5.74) is 2.68.